The van der Waals surface area contributed by atoms with Gasteiger partial charge in [0.2, 0.25) is 10.0 Å². The molecule has 112 valence electrons. The van der Waals surface area contributed by atoms with Gasteiger partial charge in [-0.05, 0) is 41.8 Å². The predicted molar refractivity (Wildman–Crippen MR) is 77.9 cm³/mol. The summed E-state index contributed by atoms with van der Waals surface area (Å²) in [6.45, 7) is 2.68. The minimum Gasteiger partial charge on any atom is -0.457 e. The van der Waals surface area contributed by atoms with Gasteiger partial charge in [-0.15, -0.1) is 0 Å². The number of hydrogen-bond donors (Lipinski definition) is 1. The molecule has 6 nitrogen and oxygen atoms in total. The first-order valence-corrected chi connectivity index (χ1v) is 8.89. The lowest BCUT2D eigenvalue weighted by Gasteiger charge is -2.32. The van der Waals surface area contributed by atoms with Crippen molar-refractivity contribution in [2.45, 2.75) is 25.8 Å². The molecule has 2 heterocycles. The Bertz CT molecular complexity index is 576. The van der Waals surface area contributed by atoms with Crippen molar-refractivity contribution in [2.75, 3.05) is 18.8 Å². The fraction of sp³-hybridized carbons (Fsp3) is 0.583. The van der Waals surface area contributed by atoms with Crippen molar-refractivity contribution in [3.05, 3.63) is 22.6 Å². The van der Waals surface area contributed by atoms with Gasteiger partial charge in [-0.25, -0.2) is 13.1 Å². The van der Waals surface area contributed by atoms with Gasteiger partial charge < -0.3 is 9.32 Å². The number of halogens is 1. The lowest BCUT2D eigenvalue weighted by molar-refractivity contribution is 0.0709. The molecule has 1 saturated heterocycles. The molecule has 1 aliphatic heterocycles. The molecule has 1 fully saturated rings. The Morgan fingerprint density at radius 2 is 2.15 bits per heavy atom. The van der Waals surface area contributed by atoms with E-state index in [9.17, 15) is 13.2 Å². The summed E-state index contributed by atoms with van der Waals surface area (Å²) in [6.07, 6.45) is 2.71. The van der Waals surface area contributed by atoms with Crippen molar-refractivity contribution in [3.63, 3.8) is 0 Å². The third kappa shape index (κ3) is 3.62. The predicted octanol–water partition coefficient (Wildman–Crippen LogP) is 1.59. The van der Waals surface area contributed by atoms with Gasteiger partial charge in [-0.1, -0.05) is 0 Å². The Hall–Kier alpha value is -0.860. The van der Waals surface area contributed by atoms with Crippen molar-refractivity contribution in [1.82, 2.24) is 9.62 Å². The first kappa shape index (κ1) is 15.5. The minimum atomic E-state index is -3.18. The van der Waals surface area contributed by atoms with Crippen molar-refractivity contribution >= 4 is 31.9 Å². The summed E-state index contributed by atoms with van der Waals surface area (Å²) >= 11 is 3.19. The molecular weight excluding hydrogens is 348 g/mol. The smallest absolute Gasteiger partial charge is 0.258 e. The zero-order valence-electron chi connectivity index (χ0n) is 11.1. The Kier molecular flexibility index (Phi) is 4.87. The maximum atomic E-state index is 12.2. The second kappa shape index (κ2) is 6.28. The van der Waals surface area contributed by atoms with Crippen LogP contribution in [-0.2, 0) is 10.0 Å². The standard InChI is InChI=1S/C12H17BrN2O4S/c1-2-20(17,18)14-9-3-6-15(7-4-9)12(16)10-5-8-19-11(10)13/h5,8-9,14H,2-4,6-7H2,1H3. The Morgan fingerprint density at radius 3 is 2.65 bits per heavy atom. The SMILES string of the molecule is CCS(=O)(=O)NC1CCN(C(=O)c2ccoc2Br)CC1. The molecule has 0 radical (unpaired) electrons. The van der Waals surface area contributed by atoms with E-state index in [1.165, 1.54) is 6.26 Å². The molecule has 0 aliphatic carbocycles. The third-order valence-corrected chi connectivity index (χ3v) is 5.42. The van der Waals surface area contributed by atoms with E-state index >= 15 is 0 Å². The van der Waals surface area contributed by atoms with Crippen LogP contribution in [0.5, 0.6) is 0 Å². The van der Waals surface area contributed by atoms with Gasteiger partial charge in [-0.2, -0.15) is 0 Å². The van der Waals surface area contributed by atoms with E-state index in [4.69, 9.17) is 4.42 Å². The van der Waals surface area contributed by atoms with E-state index in [-0.39, 0.29) is 17.7 Å². The number of carbonyl (C=O) groups is 1. The van der Waals surface area contributed by atoms with Crippen LogP contribution >= 0.6 is 15.9 Å². The number of sulfonamides is 1. The van der Waals surface area contributed by atoms with Gasteiger partial charge in [-0.3, -0.25) is 4.79 Å². The largest absolute Gasteiger partial charge is 0.457 e. The average Bonchev–Trinajstić information content (AvgIpc) is 2.85. The van der Waals surface area contributed by atoms with Crippen molar-refractivity contribution in [3.8, 4) is 0 Å². The number of piperidine rings is 1. The van der Waals surface area contributed by atoms with Crippen LogP contribution in [0.3, 0.4) is 0 Å². The molecular formula is C12H17BrN2O4S. The Morgan fingerprint density at radius 1 is 1.50 bits per heavy atom. The molecule has 0 bridgehead atoms. The molecule has 1 amide bonds. The monoisotopic (exact) mass is 364 g/mol. The Balaban J connectivity index is 1.92. The van der Waals surface area contributed by atoms with E-state index in [2.05, 4.69) is 20.7 Å². The van der Waals surface area contributed by atoms with Crippen LogP contribution < -0.4 is 4.72 Å². The number of furan rings is 1. The van der Waals surface area contributed by atoms with Crippen LogP contribution in [0.1, 0.15) is 30.1 Å². The molecule has 1 aliphatic rings. The first-order chi connectivity index (χ1) is 9.43. The van der Waals surface area contributed by atoms with Crippen molar-refractivity contribution < 1.29 is 17.6 Å². The summed E-state index contributed by atoms with van der Waals surface area (Å²) in [4.78, 5) is 13.9. The van der Waals surface area contributed by atoms with Gasteiger partial charge in [0.15, 0.2) is 4.67 Å². The number of likely N-dealkylation sites (tertiary alicyclic amines) is 1. The number of rotatable bonds is 4. The first-order valence-electron chi connectivity index (χ1n) is 6.45. The topological polar surface area (TPSA) is 79.6 Å². The zero-order valence-corrected chi connectivity index (χ0v) is 13.5. The fourth-order valence-electron chi connectivity index (χ4n) is 2.15. The van der Waals surface area contributed by atoms with Gasteiger partial charge in [0.25, 0.3) is 5.91 Å². The van der Waals surface area contributed by atoms with Crippen LogP contribution in [0.2, 0.25) is 0 Å². The fourth-order valence-corrected chi connectivity index (χ4v) is 3.47. The van der Waals surface area contributed by atoms with E-state index in [1.54, 1.807) is 17.9 Å². The average molecular weight is 365 g/mol. The molecule has 8 heteroatoms. The summed E-state index contributed by atoms with van der Waals surface area (Å²) in [5, 5.41) is 0. The van der Waals surface area contributed by atoms with Crippen LogP contribution in [0.15, 0.2) is 21.4 Å². The molecule has 0 unspecified atom stereocenters. The second-order valence-corrected chi connectivity index (χ2v) is 7.46. The van der Waals surface area contributed by atoms with Crippen LogP contribution in [-0.4, -0.2) is 44.1 Å². The lowest BCUT2D eigenvalue weighted by atomic mass is 10.1. The quantitative estimate of drug-likeness (QED) is 0.879. The van der Waals surface area contributed by atoms with E-state index in [0.29, 0.717) is 36.2 Å². The van der Waals surface area contributed by atoms with E-state index < -0.39 is 10.0 Å². The number of nitrogens with one attached hydrogen (secondary N) is 1. The van der Waals surface area contributed by atoms with Gasteiger partial charge >= 0.3 is 0 Å². The van der Waals surface area contributed by atoms with Gasteiger partial charge in [0, 0.05) is 19.1 Å². The van der Waals surface area contributed by atoms with Gasteiger partial charge in [0.1, 0.15) is 0 Å². The molecule has 0 aromatic carbocycles. The highest BCUT2D eigenvalue weighted by atomic mass is 79.9. The molecule has 0 atom stereocenters. The highest BCUT2D eigenvalue weighted by Crippen LogP contribution is 2.21. The molecule has 1 N–H and O–H groups in total. The van der Waals surface area contributed by atoms with Crippen molar-refractivity contribution in [2.24, 2.45) is 0 Å². The highest BCUT2D eigenvalue weighted by Gasteiger charge is 2.27. The summed E-state index contributed by atoms with van der Waals surface area (Å²) in [6, 6.07) is 1.54. The molecule has 2 rings (SSSR count). The van der Waals surface area contributed by atoms with Crippen LogP contribution in [0, 0.1) is 0 Å². The Labute approximate surface area is 126 Å². The van der Waals surface area contributed by atoms with E-state index in [0.717, 1.165) is 0 Å². The summed E-state index contributed by atoms with van der Waals surface area (Å²) < 4.78 is 31.1. The maximum Gasteiger partial charge on any atom is 0.258 e. The lowest BCUT2D eigenvalue weighted by Crippen LogP contribution is -2.46. The third-order valence-electron chi connectivity index (χ3n) is 3.36. The number of carbonyl (C=O) groups excluding carboxylic acids is 1. The molecule has 0 saturated carbocycles. The molecule has 1 aromatic rings. The number of amides is 1. The van der Waals surface area contributed by atoms with E-state index in [1.807, 2.05) is 0 Å². The minimum absolute atomic E-state index is 0.0775. The molecule has 20 heavy (non-hydrogen) atoms. The zero-order chi connectivity index (χ0) is 14.8. The summed E-state index contributed by atoms with van der Waals surface area (Å²) in [5.74, 6) is -0.0175. The van der Waals surface area contributed by atoms with Gasteiger partial charge in [0.05, 0.1) is 17.6 Å². The highest BCUT2D eigenvalue weighted by molar-refractivity contribution is 9.10. The van der Waals surface area contributed by atoms with Crippen LogP contribution in [0.25, 0.3) is 0 Å². The second-order valence-electron chi connectivity index (χ2n) is 4.70. The number of nitrogens with zero attached hydrogens (tertiary/aromatic N) is 1. The summed E-state index contributed by atoms with van der Waals surface area (Å²) in [5.41, 5.74) is 0.498. The normalized spacial score (nSPS) is 17.4. The molecule has 1 aromatic heterocycles. The molecule has 0 spiro atoms. The maximum absolute atomic E-state index is 12.2. The van der Waals surface area contributed by atoms with Crippen molar-refractivity contribution in [1.29, 1.82) is 0 Å². The van der Waals surface area contributed by atoms with Crippen LogP contribution in [0.4, 0.5) is 0 Å². The summed E-state index contributed by atoms with van der Waals surface area (Å²) in [7, 11) is -3.18. The number of hydrogen-bond acceptors (Lipinski definition) is 4.